The highest BCUT2D eigenvalue weighted by atomic mass is 32.1. The molecule has 3 amide bonds. The standard InChI is InChI=1S/C26H30N2O7S/c1-5-34-25(32)20-16(4)21(26(33)35-15(2)3)36-22(20)27-19(29)13-7-6-10-14-28-23(30)17-11-8-9-12-18(17)24(28)31/h8-9,11-12,15H,5-7,10,13-14H2,1-4H3,(H,27,29). The summed E-state index contributed by atoms with van der Waals surface area (Å²) in [5, 5.41) is 2.98. The van der Waals surface area contributed by atoms with Crippen molar-refractivity contribution >= 4 is 46.0 Å². The van der Waals surface area contributed by atoms with Crippen molar-refractivity contribution in [3.8, 4) is 0 Å². The van der Waals surface area contributed by atoms with Crippen LogP contribution in [-0.4, -0.2) is 53.8 Å². The van der Waals surface area contributed by atoms with E-state index in [-0.39, 0.29) is 58.8 Å². The second-order valence-electron chi connectivity index (χ2n) is 8.60. The predicted molar refractivity (Wildman–Crippen MR) is 134 cm³/mol. The third-order valence-electron chi connectivity index (χ3n) is 5.57. The first kappa shape index (κ1) is 27.1. The minimum atomic E-state index is -0.619. The Bertz CT molecular complexity index is 1150. The third kappa shape index (κ3) is 5.99. The molecule has 0 aliphatic carbocycles. The number of carbonyl (C=O) groups excluding carboxylic acids is 5. The average Bonchev–Trinajstić information content (AvgIpc) is 3.27. The van der Waals surface area contributed by atoms with Crippen LogP contribution >= 0.6 is 11.3 Å². The van der Waals surface area contributed by atoms with E-state index in [0.717, 1.165) is 11.3 Å². The molecule has 0 saturated carbocycles. The summed E-state index contributed by atoms with van der Waals surface area (Å²) in [6, 6.07) is 6.74. The molecule has 0 spiro atoms. The first-order chi connectivity index (χ1) is 17.1. The van der Waals surface area contributed by atoms with Gasteiger partial charge in [0.1, 0.15) is 9.88 Å². The van der Waals surface area contributed by atoms with Gasteiger partial charge < -0.3 is 14.8 Å². The number of ether oxygens (including phenoxy) is 2. The van der Waals surface area contributed by atoms with E-state index in [4.69, 9.17) is 9.47 Å². The molecule has 0 unspecified atom stereocenters. The lowest BCUT2D eigenvalue weighted by molar-refractivity contribution is -0.116. The highest BCUT2D eigenvalue weighted by Crippen LogP contribution is 2.34. The van der Waals surface area contributed by atoms with Crippen LogP contribution in [0, 0.1) is 6.92 Å². The molecule has 0 fully saturated rings. The molecular formula is C26H30N2O7S. The summed E-state index contributed by atoms with van der Waals surface area (Å²) in [4.78, 5) is 63.9. The number of nitrogens with zero attached hydrogens (tertiary/aromatic N) is 1. The molecule has 9 nitrogen and oxygen atoms in total. The lowest BCUT2D eigenvalue weighted by Crippen LogP contribution is -2.30. The van der Waals surface area contributed by atoms with Gasteiger partial charge in [0, 0.05) is 13.0 Å². The summed E-state index contributed by atoms with van der Waals surface area (Å²) in [5.74, 6) is -2.08. The van der Waals surface area contributed by atoms with E-state index in [1.807, 2.05) is 0 Å². The molecule has 1 aliphatic rings. The Hall–Kier alpha value is -3.53. The van der Waals surface area contributed by atoms with Crippen LogP contribution in [0.25, 0.3) is 0 Å². The highest BCUT2D eigenvalue weighted by Gasteiger charge is 2.34. The van der Waals surface area contributed by atoms with Crippen molar-refractivity contribution in [2.24, 2.45) is 0 Å². The fourth-order valence-electron chi connectivity index (χ4n) is 3.88. The fraction of sp³-hybridized carbons (Fsp3) is 0.423. The maximum Gasteiger partial charge on any atom is 0.348 e. The topological polar surface area (TPSA) is 119 Å². The van der Waals surface area contributed by atoms with E-state index in [1.54, 1.807) is 52.0 Å². The Morgan fingerprint density at radius 3 is 2.22 bits per heavy atom. The molecule has 2 aromatic rings. The molecule has 1 N–H and O–H groups in total. The number of anilines is 1. The van der Waals surface area contributed by atoms with Gasteiger partial charge in [-0.1, -0.05) is 18.6 Å². The first-order valence-corrected chi connectivity index (χ1v) is 12.7. The average molecular weight is 515 g/mol. The van der Waals surface area contributed by atoms with Gasteiger partial charge >= 0.3 is 11.9 Å². The van der Waals surface area contributed by atoms with E-state index < -0.39 is 11.9 Å². The molecule has 10 heteroatoms. The van der Waals surface area contributed by atoms with Crippen molar-refractivity contribution in [2.75, 3.05) is 18.5 Å². The van der Waals surface area contributed by atoms with Gasteiger partial charge in [-0.2, -0.15) is 0 Å². The number of nitrogens with one attached hydrogen (secondary N) is 1. The molecule has 192 valence electrons. The number of carbonyl (C=O) groups is 5. The SMILES string of the molecule is CCOC(=O)c1c(NC(=O)CCCCCN2C(=O)c3ccccc3C2=O)sc(C(=O)OC(C)C)c1C. The van der Waals surface area contributed by atoms with Crippen LogP contribution in [0.2, 0.25) is 0 Å². The van der Waals surface area contributed by atoms with Crippen molar-refractivity contribution in [1.82, 2.24) is 4.90 Å². The van der Waals surface area contributed by atoms with E-state index >= 15 is 0 Å². The Morgan fingerprint density at radius 2 is 1.64 bits per heavy atom. The maximum atomic E-state index is 12.6. The van der Waals surface area contributed by atoms with Gasteiger partial charge in [0.25, 0.3) is 11.8 Å². The number of fused-ring (bicyclic) bond motifs is 1. The zero-order valence-corrected chi connectivity index (χ0v) is 21.7. The summed E-state index contributed by atoms with van der Waals surface area (Å²) >= 11 is 0.985. The van der Waals surface area contributed by atoms with Crippen molar-refractivity contribution in [2.45, 2.75) is 59.5 Å². The Labute approximate surface area is 213 Å². The van der Waals surface area contributed by atoms with Crippen LogP contribution in [0.5, 0.6) is 0 Å². The molecule has 3 rings (SSSR count). The zero-order valence-electron chi connectivity index (χ0n) is 20.8. The van der Waals surface area contributed by atoms with Crippen LogP contribution in [-0.2, 0) is 14.3 Å². The van der Waals surface area contributed by atoms with E-state index in [1.165, 1.54) is 4.90 Å². The first-order valence-electron chi connectivity index (χ1n) is 11.9. The minimum Gasteiger partial charge on any atom is -0.462 e. The molecule has 1 aromatic carbocycles. The number of hydrogen-bond acceptors (Lipinski definition) is 8. The molecular weight excluding hydrogens is 484 g/mol. The van der Waals surface area contributed by atoms with Crippen LogP contribution < -0.4 is 5.32 Å². The van der Waals surface area contributed by atoms with Crippen molar-refractivity contribution in [3.63, 3.8) is 0 Å². The van der Waals surface area contributed by atoms with E-state index in [0.29, 0.717) is 36.0 Å². The van der Waals surface area contributed by atoms with Crippen LogP contribution in [0.15, 0.2) is 24.3 Å². The molecule has 36 heavy (non-hydrogen) atoms. The Morgan fingerprint density at radius 1 is 1.00 bits per heavy atom. The Balaban J connectivity index is 1.55. The molecule has 0 atom stereocenters. The number of esters is 2. The number of thiophene rings is 1. The lowest BCUT2D eigenvalue weighted by Gasteiger charge is -2.13. The number of rotatable bonds is 11. The van der Waals surface area contributed by atoms with E-state index in [2.05, 4.69) is 5.32 Å². The lowest BCUT2D eigenvalue weighted by atomic mass is 10.1. The van der Waals surface area contributed by atoms with Crippen molar-refractivity contribution < 1.29 is 33.4 Å². The Kier molecular flexibility index (Phi) is 8.98. The smallest absolute Gasteiger partial charge is 0.348 e. The minimum absolute atomic E-state index is 0.150. The quantitative estimate of drug-likeness (QED) is 0.265. The molecule has 2 heterocycles. The van der Waals surface area contributed by atoms with Gasteiger partial charge in [-0.05, 0) is 58.2 Å². The summed E-state index contributed by atoms with van der Waals surface area (Å²) < 4.78 is 10.4. The molecule has 0 bridgehead atoms. The molecule has 1 aliphatic heterocycles. The number of imide groups is 1. The van der Waals surface area contributed by atoms with Crippen molar-refractivity contribution in [1.29, 1.82) is 0 Å². The van der Waals surface area contributed by atoms with Gasteiger partial charge in [-0.15, -0.1) is 11.3 Å². The van der Waals surface area contributed by atoms with Gasteiger partial charge in [0.15, 0.2) is 0 Å². The predicted octanol–water partition coefficient (Wildman–Crippen LogP) is 4.59. The second kappa shape index (κ2) is 11.9. The molecule has 0 saturated heterocycles. The van der Waals surface area contributed by atoms with Gasteiger partial charge in [-0.25, -0.2) is 9.59 Å². The summed E-state index contributed by atoms with van der Waals surface area (Å²) in [5.41, 5.74) is 1.39. The maximum absolute atomic E-state index is 12.6. The number of amides is 3. The normalized spacial score (nSPS) is 12.6. The van der Waals surface area contributed by atoms with Crippen LogP contribution in [0.3, 0.4) is 0 Å². The van der Waals surface area contributed by atoms with Crippen molar-refractivity contribution in [3.05, 3.63) is 51.4 Å². The van der Waals surface area contributed by atoms with Crippen LogP contribution in [0.4, 0.5) is 5.00 Å². The summed E-state index contributed by atoms with van der Waals surface area (Å²) in [6.07, 6.45) is 1.56. The van der Waals surface area contributed by atoms with E-state index in [9.17, 15) is 24.0 Å². The van der Waals surface area contributed by atoms with Gasteiger partial charge in [0.2, 0.25) is 5.91 Å². The van der Waals surface area contributed by atoms with Gasteiger partial charge in [-0.3, -0.25) is 19.3 Å². The molecule has 1 aromatic heterocycles. The summed E-state index contributed by atoms with van der Waals surface area (Å²) in [7, 11) is 0. The number of benzene rings is 1. The number of hydrogen-bond donors (Lipinski definition) is 1. The monoisotopic (exact) mass is 514 g/mol. The number of unbranched alkanes of at least 4 members (excludes halogenated alkanes) is 2. The second-order valence-corrected chi connectivity index (χ2v) is 9.62. The highest BCUT2D eigenvalue weighted by molar-refractivity contribution is 7.18. The summed E-state index contributed by atoms with van der Waals surface area (Å²) in [6.45, 7) is 7.18. The largest absolute Gasteiger partial charge is 0.462 e. The molecule has 0 radical (unpaired) electrons. The van der Waals surface area contributed by atoms with Crippen LogP contribution in [0.1, 0.15) is 92.8 Å². The zero-order chi connectivity index (χ0) is 26.4. The third-order valence-corrected chi connectivity index (χ3v) is 6.76. The fourth-order valence-corrected chi connectivity index (χ4v) is 4.97. The van der Waals surface area contributed by atoms with Gasteiger partial charge in [0.05, 0.1) is 29.4 Å².